The second-order valence-electron chi connectivity index (χ2n) is 2.83. The zero-order chi connectivity index (χ0) is 8.69. The van der Waals surface area contributed by atoms with Gasteiger partial charge in [0.25, 0.3) is 0 Å². The number of hydrogen-bond acceptors (Lipinski definition) is 2. The van der Waals surface area contributed by atoms with E-state index in [0.717, 1.165) is 6.29 Å². The molecule has 0 aliphatic carbocycles. The summed E-state index contributed by atoms with van der Waals surface area (Å²) in [6.45, 7) is 6.55. The summed E-state index contributed by atoms with van der Waals surface area (Å²) in [5, 5.41) is 0. The van der Waals surface area contributed by atoms with Crippen LogP contribution in [0.2, 0.25) is 0 Å². The maximum absolute atomic E-state index is 10.0. The number of rotatable bonds is 5. The van der Waals surface area contributed by atoms with Crippen molar-refractivity contribution in [1.82, 2.24) is 0 Å². The molecule has 2 heteroatoms. The molecule has 0 fully saturated rings. The van der Waals surface area contributed by atoms with E-state index in [2.05, 4.69) is 0 Å². The predicted octanol–water partition coefficient (Wildman–Crippen LogP) is 1.95. The van der Waals surface area contributed by atoms with Crippen LogP contribution in [0.3, 0.4) is 0 Å². The van der Waals surface area contributed by atoms with E-state index in [-0.39, 0.29) is 6.10 Å². The molecule has 0 amide bonds. The van der Waals surface area contributed by atoms with E-state index in [0.29, 0.717) is 13.0 Å². The molecule has 0 aromatic rings. The number of carbonyl (C=O) groups excluding carboxylic acids is 1. The first-order chi connectivity index (χ1) is 5.16. The van der Waals surface area contributed by atoms with Gasteiger partial charge in [0.1, 0.15) is 6.29 Å². The third-order valence-electron chi connectivity index (χ3n) is 1.30. The van der Waals surface area contributed by atoms with Crippen molar-refractivity contribution in [3.8, 4) is 0 Å². The lowest BCUT2D eigenvalue weighted by atomic mass is 10.3. The van der Waals surface area contributed by atoms with Crippen molar-refractivity contribution in [3.63, 3.8) is 0 Å². The minimum Gasteiger partial charge on any atom is -0.374 e. The van der Waals surface area contributed by atoms with Gasteiger partial charge in [0.2, 0.25) is 0 Å². The van der Waals surface area contributed by atoms with Crippen LogP contribution in [0.25, 0.3) is 0 Å². The Kier molecular flexibility index (Phi) is 5.75. The highest BCUT2D eigenvalue weighted by molar-refractivity contribution is 5.49. The summed E-state index contributed by atoms with van der Waals surface area (Å²) in [5.74, 6) is 0. The SMILES string of the molecule is CC(C)=CCO[C@H](C)CC=O. The Morgan fingerprint density at radius 2 is 2.18 bits per heavy atom. The van der Waals surface area contributed by atoms with Gasteiger partial charge in [-0.05, 0) is 20.8 Å². The Bertz CT molecular complexity index is 134. The third-order valence-corrected chi connectivity index (χ3v) is 1.30. The summed E-state index contributed by atoms with van der Waals surface area (Å²) < 4.78 is 5.29. The number of allylic oxidation sites excluding steroid dienone is 1. The fourth-order valence-electron chi connectivity index (χ4n) is 0.583. The van der Waals surface area contributed by atoms with Crippen molar-refractivity contribution >= 4 is 6.29 Å². The monoisotopic (exact) mass is 156 g/mol. The molecule has 0 unspecified atom stereocenters. The van der Waals surface area contributed by atoms with Gasteiger partial charge in [0.15, 0.2) is 0 Å². The summed E-state index contributed by atoms with van der Waals surface area (Å²) in [6, 6.07) is 0. The van der Waals surface area contributed by atoms with Crippen LogP contribution < -0.4 is 0 Å². The molecule has 0 bridgehead atoms. The van der Waals surface area contributed by atoms with Gasteiger partial charge in [-0.25, -0.2) is 0 Å². The maximum atomic E-state index is 10.0. The molecule has 0 aliphatic rings. The van der Waals surface area contributed by atoms with Crippen LogP contribution >= 0.6 is 0 Å². The first-order valence-corrected chi connectivity index (χ1v) is 3.85. The van der Waals surface area contributed by atoms with E-state index in [9.17, 15) is 4.79 Å². The van der Waals surface area contributed by atoms with E-state index < -0.39 is 0 Å². The second-order valence-corrected chi connectivity index (χ2v) is 2.83. The zero-order valence-corrected chi connectivity index (χ0v) is 7.46. The van der Waals surface area contributed by atoms with Crippen LogP contribution in [0.5, 0.6) is 0 Å². The van der Waals surface area contributed by atoms with Gasteiger partial charge in [-0.15, -0.1) is 0 Å². The van der Waals surface area contributed by atoms with Crippen molar-refractivity contribution in [2.24, 2.45) is 0 Å². The highest BCUT2D eigenvalue weighted by Gasteiger charge is 1.97. The number of carbonyl (C=O) groups is 1. The highest BCUT2D eigenvalue weighted by atomic mass is 16.5. The molecule has 0 aromatic carbocycles. The topological polar surface area (TPSA) is 26.3 Å². The van der Waals surface area contributed by atoms with E-state index in [1.807, 2.05) is 26.8 Å². The van der Waals surface area contributed by atoms with Gasteiger partial charge in [-0.2, -0.15) is 0 Å². The largest absolute Gasteiger partial charge is 0.374 e. The minimum absolute atomic E-state index is 0.0445. The summed E-state index contributed by atoms with van der Waals surface area (Å²) >= 11 is 0. The first kappa shape index (κ1) is 10.4. The molecule has 11 heavy (non-hydrogen) atoms. The number of hydrogen-bond donors (Lipinski definition) is 0. The Morgan fingerprint density at radius 3 is 2.64 bits per heavy atom. The third kappa shape index (κ3) is 7.26. The van der Waals surface area contributed by atoms with Crippen LogP contribution in [0.15, 0.2) is 11.6 Å². The normalized spacial score (nSPS) is 12.3. The molecular weight excluding hydrogens is 140 g/mol. The zero-order valence-electron chi connectivity index (χ0n) is 7.46. The smallest absolute Gasteiger partial charge is 0.122 e. The van der Waals surface area contributed by atoms with Crippen LogP contribution in [0.1, 0.15) is 27.2 Å². The molecule has 0 N–H and O–H groups in total. The molecule has 64 valence electrons. The van der Waals surface area contributed by atoms with E-state index >= 15 is 0 Å². The standard InChI is InChI=1S/C9H16O2/c1-8(2)5-7-11-9(3)4-6-10/h5-6,9H,4,7H2,1-3H3/t9-/m1/s1. The number of aldehydes is 1. The fraction of sp³-hybridized carbons (Fsp3) is 0.667. The molecular formula is C9H16O2. The Labute approximate surface area is 68.2 Å². The average molecular weight is 156 g/mol. The fourth-order valence-corrected chi connectivity index (χ4v) is 0.583. The van der Waals surface area contributed by atoms with Crippen molar-refractivity contribution in [1.29, 1.82) is 0 Å². The van der Waals surface area contributed by atoms with Gasteiger partial charge in [-0.3, -0.25) is 0 Å². The van der Waals surface area contributed by atoms with Crippen LogP contribution in [0, 0.1) is 0 Å². The second kappa shape index (κ2) is 6.10. The van der Waals surface area contributed by atoms with E-state index in [1.54, 1.807) is 0 Å². The summed E-state index contributed by atoms with van der Waals surface area (Å²) in [7, 11) is 0. The summed E-state index contributed by atoms with van der Waals surface area (Å²) in [6.07, 6.45) is 3.41. The van der Waals surface area contributed by atoms with Crippen LogP contribution in [0.4, 0.5) is 0 Å². The number of ether oxygens (including phenoxy) is 1. The quantitative estimate of drug-likeness (QED) is 0.449. The van der Waals surface area contributed by atoms with E-state index in [4.69, 9.17) is 4.74 Å². The Morgan fingerprint density at radius 1 is 1.55 bits per heavy atom. The van der Waals surface area contributed by atoms with Crippen molar-refractivity contribution < 1.29 is 9.53 Å². The lowest BCUT2D eigenvalue weighted by Gasteiger charge is -2.06. The average Bonchev–Trinajstić information content (AvgIpc) is 1.87. The molecule has 2 nitrogen and oxygen atoms in total. The van der Waals surface area contributed by atoms with Crippen molar-refractivity contribution in [3.05, 3.63) is 11.6 Å². The summed E-state index contributed by atoms with van der Waals surface area (Å²) in [5.41, 5.74) is 1.24. The Balaban J connectivity index is 3.38. The van der Waals surface area contributed by atoms with Crippen LogP contribution in [-0.2, 0) is 9.53 Å². The molecule has 0 radical (unpaired) electrons. The highest BCUT2D eigenvalue weighted by Crippen LogP contribution is 1.96. The molecule has 0 aromatic heterocycles. The van der Waals surface area contributed by atoms with Gasteiger partial charge >= 0.3 is 0 Å². The Hall–Kier alpha value is -0.630. The molecule has 0 saturated carbocycles. The van der Waals surface area contributed by atoms with Gasteiger partial charge in [0, 0.05) is 6.42 Å². The maximum Gasteiger partial charge on any atom is 0.122 e. The van der Waals surface area contributed by atoms with Crippen molar-refractivity contribution in [2.45, 2.75) is 33.3 Å². The molecule has 0 saturated heterocycles. The van der Waals surface area contributed by atoms with Gasteiger partial charge < -0.3 is 9.53 Å². The molecule has 0 rings (SSSR count). The van der Waals surface area contributed by atoms with E-state index in [1.165, 1.54) is 5.57 Å². The molecule has 1 atom stereocenters. The van der Waals surface area contributed by atoms with Crippen LogP contribution in [-0.4, -0.2) is 19.0 Å². The van der Waals surface area contributed by atoms with Gasteiger partial charge in [0.05, 0.1) is 12.7 Å². The first-order valence-electron chi connectivity index (χ1n) is 3.85. The lowest BCUT2D eigenvalue weighted by Crippen LogP contribution is -2.08. The summed E-state index contributed by atoms with van der Waals surface area (Å²) in [4.78, 5) is 10.0. The molecule has 0 spiro atoms. The predicted molar refractivity (Wildman–Crippen MR) is 45.5 cm³/mol. The molecule has 0 heterocycles. The lowest BCUT2D eigenvalue weighted by molar-refractivity contribution is -0.109. The molecule has 0 aliphatic heterocycles. The minimum atomic E-state index is 0.0445. The van der Waals surface area contributed by atoms with Gasteiger partial charge in [-0.1, -0.05) is 11.6 Å². The van der Waals surface area contributed by atoms with Crippen molar-refractivity contribution in [2.75, 3.05) is 6.61 Å².